The molecule has 2 fully saturated rings. The van der Waals surface area contributed by atoms with Crippen molar-refractivity contribution in [3.63, 3.8) is 0 Å². The molecule has 2 aromatic heterocycles. The number of amides is 1. The first-order chi connectivity index (χ1) is 13.0. The number of hydrogen-bond acceptors (Lipinski definition) is 6. The summed E-state index contributed by atoms with van der Waals surface area (Å²) >= 11 is 0. The van der Waals surface area contributed by atoms with Gasteiger partial charge in [-0.1, -0.05) is 0 Å². The van der Waals surface area contributed by atoms with Gasteiger partial charge in [0.15, 0.2) is 11.4 Å². The molecule has 0 aromatic carbocycles. The first-order valence-electron chi connectivity index (χ1n) is 9.41. The molecule has 4 rings (SSSR count). The van der Waals surface area contributed by atoms with Crippen molar-refractivity contribution in [2.45, 2.75) is 37.8 Å². The third-order valence-corrected chi connectivity index (χ3v) is 5.77. The van der Waals surface area contributed by atoms with Crippen molar-refractivity contribution in [2.75, 3.05) is 26.2 Å². The molecule has 4 heterocycles. The van der Waals surface area contributed by atoms with Crippen molar-refractivity contribution in [1.82, 2.24) is 19.2 Å². The van der Waals surface area contributed by atoms with Gasteiger partial charge in [0.05, 0.1) is 12.3 Å². The van der Waals surface area contributed by atoms with E-state index in [1.807, 2.05) is 0 Å². The average molecular weight is 372 g/mol. The number of fused-ring (bicyclic) bond motifs is 1. The van der Waals surface area contributed by atoms with Gasteiger partial charge in [-0.25, -0.2) is 4.98 Å². The van der Waals surface area contributed by atoms with E-state index in [1.54, 1.807) is 17.2 Å². The number of aliphatic hydroxyl groups is 1. The number of pyridine rings is 1. The number of hydrogen-bond donors (Lipinski definition) is 2. The summed E-state index contributed by atoms with van der Waals surface area (Å²) in [7, 11) is 0. The van der Waals surface area contributed by atoms with Crippen LogP contribution in [0.15, 0.2) is 29.2 Å². The van der Waals surface area contributed by atoms with E-state index in [0.717, 1.165) is 32.2 Å². The lowest BCUT2D eigenvalue weighted by molar-refractivity contribution is -0.148. The van der Waals surface area contributed by atoms with E-state index in [0.29, 0.717) is 25.3 Å². The highest BCUT2D eigenvalue weighted by Gasteiger charge is 2.50. The number of rotatable bonds is 4. The Morgan fingerprint density at radius 2 is 1.96 bits per heavy atom. The van der Waals surface area contributed by atoms with E-state index < -0.39 is 5.54 Å². The Morgan fingerprint density at radius 3 is 2.74 bits per heavy atom. The van der Waals surface area contributed by atoms with Crippen LogP contribution in [0, 0.1) is 0 Å². The van der Waals surface area contributed by atoms with Gasteiger partial charge in [0.2, 0.25) is 5.91 Å². The zero-order valence-electron chi connectivity index (χ0n) is 15.2. The molecule has 0 aliphatic carbocycles. The second kappa shape index (κ2) is 6.94. The summed E-state index contributed by atoms with van der Waals surface area (Å²) in [4.78, 5) is 33.8. The van der Waals surface area contributed by atoms with Crippen LogP contribution in [0.4, 0.5) is 0 Å². The smallest absolute Gasteiger partial charge is 0.258 e. The molecule has 8 nitrogen and oxygen atoms in total. The molecular weight excluding hydrogens is 348 g/mol. The van der Waals surface area contributed by atoms with E-state index >= 15 is 0 Å². The first kappa shape index (κ1) is 17.9. The molecule has 2 N–H and O–H groups in total. The monoisotopic (exact) mass is 372 g/mol. The van der Waals surface area contributed by atoms with Crippen LogP contribution in [-0.4, -0.2) is 67.1 Å². The molecule has 8 heteroatoms. The molecule has 0 bridgehead atoms. The average Bonchev–Trinajstić information content (AvgIpc) is 3.03. The topological polar surface area (TPSA) is 98.4 Å². The van der Waals surface area contributed by atoms with Crippen LogP contribution in [0.2, 0.25) is 0 Å². The van der Waals surface area contributed by atoms with E-state index in [4.69, 9.17) is 0 Å². The predicted molar refractivity (Wildman–Crippen MR) is 98.4 cm³/mol. The summed E-state index contributed by atoms with van der Waals surface area (Å²) in [6.07, 6.45) is 4.95. The van der Waals surface area contributed by atoms with Crippen LogP contribution in [0.3, 0.4) is 0 Å². The standard InChI is InChI=1S/C19H24N4O4/c24-11-10-21-7-2-5-19(18(21)27)6-3-8-22(19)13-14-12-16(26)23-9-1-4-15(25)17(23)20-14/h1,4,9,12,24-25H,2-3,5-8,10-11,13H2. The van der Waals surface area contributed by atoms with E-state index in [9.17, 15) is 19.8 Å². The van der Waals surface area contributed by atoms with Crippen molar-refractivity contribution in [2.24, 2.45) is 0 Å². The SMILES string of the molecule is O=C1N(CCO)CCCC12CCCN2Cc1cc(=O)n2cccc(O)c2n1. The maximum atomic E-state index is 13.1. The van der Waals surface area contributed by atoms with Gasteiger partial charge < -0.3 is 15.1 Å². The highest BCUT2D eigenvalue weighted by atomic mass is 16.3. The van der Waals surface area contributed by atoms with Gasteiger partial charge in [0.25, 0.3) is 5.56 Å². The van der Waals surface area contributed by atoms with Gasteiger partial charge in [0, 0.05) is 31.9 Å². The van der Waals surface area contributed by atoms with Crippen LogP contribution in [0.5, 0.6) is 5.75 Å². The number of carbonyl (C=O) groups excluding carboxylic acids is 1. The number of β-amino-alcohol motifs (C(OH)–C–C–N with tert-alkyl or cyclic N) is 1. The lowest BCUT2D eigenvalue weighted by Gasteiger charge is -2.44. The maximum absolute atomic E-state index is 13.1. The van der Waals surface area contributed by atoms with Gasteiger partial charge in [-0.15, -0.1) is 0 Å². The fraction of sp³-hybridized carbons (Fsp3) is 0.526. The molecule has 0 saturated carbocycles. The number of aromatic hydroxyl groups is 1. The number of likely N-dealkylation sites (tertiary alicyclic amines) is 2. The minimum Gasteiger partial charge on any atom is -0.504 e. The second-order valence-electron chi connectivity index (χ2n) is 7.35. The third-order valence-electron chi connectivity index (χ3n) is 5.77. The molecule has 144 valence electrons. The molecule has 1 unspecified atom stereocenters. The van der Waals surface area contributed by atoms with Crippen molar-refractivity contribution in [1.29, 1.82) is 0 Å². The molecule has 2 aliphatic heterocycles. The van der Waals surface area contributed by atoms with Crippen molar-refractivity contribution in [3.8, 4) is 5.75 Å². The Hall–Kier alpha value is -2.45. The third kappa shape index (κ3) is 2.98. The highest BCUT2D eigenvalue weighted by Crippen LogP contribution is 2.39. The Labute approximate surface area is 156 Å². The van der Waals surface area contributed by atoms with Gasteiger partial charge in [-0.2, -0.15) is 0 Å². The highest BCUT2D eigenvalue weighted by molar-refractivity contribution is 5.87. The fourth-order valence-corrected chi connectivity index (χ4v) is 4.52. The Balaban J connectivity index is 1.66. The molecule has 1 amide bonds. The number of aliphatic hydroxyl groups excluding tert-OH is 1. The largest absolute Gasteiger partial charge is 0.504 e. The van der Waals surface area contributed by atoms with Crippen LogP contribution < -0.4 is 5.56 Å². The van der Waals surface area contributed by atoms with Gasteiger partial charge >= 0.3 is 0 Å². The number of aromatic nitrogens is 2. The van der Waals surface area contributed by atoms with Crippen LogP contribution >= 0.6 is 0 Å². The van der Waals surface area contributed by atoms with E-state index in [1.165, 1.54) is 16.5 Å². The summed E-state index contributed by atoms with van der Waals surface area (Å²) < 4.78 is 1.31. The number of piperidine rings is 1. The fourth-order valence-electron chi connectivity index (χ4n) is 4.52. The summed E-state index contributed by atoms with van der Waals surface area (Å²) in [6.45, 7) is 2.15. The predicted octanol–water partition coefficient (Wildman–Crippen LogP) is 0.349. The minimum absolute atomic E-state index is 0.0376. The van der Waals surface area contributed by atoms with Crippen LogP contribution in [0.1, 0.15) is 31.4 Å². The second-order valence-corrected chi connectivity index (χ2v) is 7.35. The zero-order valence-corrected chi connectivity index (χ0v) is 15.2. The molecule has 2 aromatic rings. The summed E-state index contributed by atoms with van der Waals surface area (Å²) in [6, 6.07) is 4.56. The van der Waals surface area contributed by atoms with Gasteiger partial charge in [-0.05, 0) is 44.4 Å². The molecule has 27 heavy (non-hydrogen) atoms. The van der Waals surface area contributed by atoms with E-state index in [2.05, 4.69) is 9.88 Å². The Kier molecular flexibility index (Phi) is 4.61. The van der Waals surface area contributed by atoms with E-state index in [-0.39, 0.29) is 29.5 Å². The van der Waals surface area contributed by atoms with Crippen molar-refractivity contribution < 1.29 is 15.0 Å². The molecule has 1 spiro atoms. The van der Waals surface area contributed by atoms with Crippen molar-refractivity contribution in [3.05, 3.63) is 40.4 Å². The summed E-state index contributed by atoms with van der Waals surface area (Å²) in [5, 5.41) is 19.3. The lowest BCUT2D eigenvalue weighted by Crippen LogP contribution is -2.60. The molecule has 1 atom stereocenters. The van der Waals surface area contributed by atoms with Gasteiger partial charge in [0.1, 0.15) is 5.54 Å². The Morgan fingerprint density at radius 1 is 1.19 bits per heavy atom. The van der Waals surface area contributed by atoms with Crippen LogP contribution in [0.25, 0.3) is 5.65 Å². The Bertz CT molecular complexity index is 926. The minimum atomic E-state index is -0.570. The molecule has 2 aliphatic rings. The summed E-state index contributed by atoms with van der Waals surface area (Å²) in [5.41, 5.74) is -0.0464. The number of nitrogens with zero attached hydrogens (tertiary/aromatic N) is 4. The normalized spacial score (nSPS) is 23.6. The number of carbonyl (C=O) groups is 1. The molecule has 2 saturated heterocycles. The molecule has 0 radical (unpaired) electrons. The summed E-state index contributed by atoms with van der Waals surface area (Å²) in [5.74, 6) is 0.0242. The molecular formula is C19H24N4O4. The maximum Gasteiger partial charge on any atom is 0.258 e. The first-order valence-corrected chi connectivity index (χ1v) is 9.41. The van der Waals surface area contributed by atoms with Gasteiger partial charge in [-0.3, -0.25) is 18.9 Å². The van der Waals surface area contributed by atoms with Crippen molar-refractivity contribution >= 4 is 11.6 Å². The quantitative estimate of drug-likeness (QED) is 0.804. The van der Waals surface area contributed by atoms with Crippen LogP contribution in [-0.2, 0) is 11.3 Å². The lowest BCUT2D eigenvalue weighted by atomic mass is 9.85. The zero-order chi connectivity index (χ0) is 19.0.